The van der Waals surface area contributed by atoms with Gasteiger partial charge in [-0.2, -0.15) is 10.5 Å². The molecule has 0 aliphatic rings. The largest absolute Gasteiger partial charge is 0.305 e. The van der Waals surface area contributed by atoms with Crippen LogP contribution < -0.4 is 0 Å². The first-order valence-corrected chi connectivity index (χ1v) is 7.59. The monoisotopic (exact) mass is 297 g/mol. The van der Waals surface area contributed by atoms with Crippen molar-refractivity contribution in [3.63, 3.8) is 0 Å². The summed E-state index contributed by atoms with van der Waals surface area (Å²) in [5.74, 6) is 1.30. The molecule has 0 radical (unpaired) electrons. The molecule has 2 aromatic rings. The molecule has 0 fully saturated rings. The third kappa shape index (κ3) is 3.84. The number of hydrogen-bond donors (Lipinski definition) is 0. The highest BCUT2D eigenvalue weighted by atomic mass is 32.2. The fourth-order valence-electron chi connectivity index (χ4n) is 1.88. The molecule has 1 atom stereocenters. The fraction of sp³-hybridized carbons (Fsp3) is 0.333. The lowest BCUT2D eigenvalue weighted by Crippen LogP contribution is -2.02. The fourth-order valence-corrected chi connectivity index (χ4v) is 2.85. The Hall–Kier alpha value is -2.31. The highest BCUT2D eigenvalue weighted by molar-refractivity contribution is 7.99. The number of hydrogen-bond acceptors (Lipinski definition) is 5. The van der Waals surface area contributed by atoms with Crippen LogP contribution in [0.2, 0.25) is 0 Å². The lowest BCUT2D eigenvalue weighted by atomic mass is 10.1. The molecule has 1 aromatic carbocycles. The molecular formula is C15H15N5S. The van der Waals surface area contributed by atoms with Crippen molar-refractivity contribution in [1.29, 1.82) is 10.5 Å². The SMILES string of the molecule is Cn1c(SC[C@@H](C#N)CCC#N)nnc1-c1ccccc1. The second-order valence-corrected chi connectivity index (χ2v) is 5.55. The summed E-state index contributed by atoms with van der Waals surface area (Å²) in [7, 11) is 1.92. The Morgan fingerprint density at radius 2 is 2.00 bits per heavy atom. The van der Waals surface area contributed by atoms with Gasteiger partial charge in [-0.05, 0) is 6.42 Å². The van der Waals surface area contributed by atoms with E-state index in [2.05, 4.69) is 22.3 Å². The second kappa shape index (κ2) is 7.47. The number of aromatic nitrogens is 3. The van der Waals surface area contributed by atoms with E-state index in [9.17, 15) is 0 Å². The van der Waals surface area contributed by atoms with E-state index >= 15 is 0 Å². The van der Waals surface area contributed by atoms with Crippen LogP contribution in [-0.4, -0.2) is 20.5 Å². The standard InChI is InChI=1S/C15H15N5S/c1-20-14(13-7-3-2-4-8-13)18-19-15(20)21-11-12(10-17)6-5-9-16/h2-4,7-8,12H,5-6,11H2,1H3/t12-/m1/s1. The van der Waals surface area contributed by atoms with Crippen molar-refractivity contribution in [2.45, 2.75) is 18.0 Å². The zero-order chi connectivity index (χ0) is 15.1. The molecule has 0 aliphatic heterocycles. The first kappa shape index (κ1) is 15.1. The molecule has 0 bridgehead atoms. The van der Waals surface area contributed by atoms with E-state index in [-0.39, 0.29) is 5.92 Å². The molecule has 0 amide bonds. The minimum atomic E-state index is -0.133. The predicted molar refractivity (Wildman–Crippen MR) is 81.1 cm³/mol. The van der Waals surface area contributed by atoms with Gasteiger partial charge in [0.25, 0.3) is 0 Å². The highest BCUT2D eigenvalue weighted by Gasteiger charge is 2.14. The van der Waals surface area contributed by atoms with Crippen LogP contribution in [0.3, 0.4) is 0 Å². The summed E-state index contributed by atoms with van der Waals surface area (Å²) in [6.45, 7) is 0. The lowest BCUT2D eigenvalue weighted by Gasteiger charge is -2.06. The number of nitrogens with zero attached hydrogens (tertiary/aromatic N) is 5. The predicted octanol–water partition coefficient (Wildman–Crippen LogP) is 3.02. The van der Waals surface area contributed by atoms with Gasteiger partial charge in [0, 0.05) is 24.8 Å². The molecule has 106 valence electrons. The van der Waals surface area contributed by atoms with E-state index in [4.69, 9.17) is 10.5 Å². The Balaban J connectivity index is 2.05. The van der Waals surface area contributed by atoms with Crippen LogP contribution >= 0.6 is 11.8 Å². The topological polar surface area (TPSA) is 78.3 Å². The van der Waals surface area contributed by atoms with Crippen molar-refractivity contribution >= 4 is 11.8 Å². The lowest BCUT2D eigenvalue weighted by molar-refractivity contribution is 0.682. The molecule has 21 heavy (non-hydrogen) atoms. The van der Waals surface area contributed by atoms with Crippen LogP contribution in [-0.2, 0) is 7.05 Å². The summed E-state index contributed by atoms with van der Waals surface area (Å²) in [6.07, 6.45) is 1.01. The Bertz CT molecular complexity index is 666. The van der Waals surface area contributed by atoms with Gasteiger partial charge in [0.05, 0.1) is 18.1 Å². The zero-order valence-electron chi connectivity index (χ0n) is 11.7. The average Bonchev–Trinajstić information content (AvgIpc) is 2.89. The first-order chi connectivity index (χ1) is 10.3. The van der Waals surface area contributed by atoms with Crippen LogP contribution in [0.1, 0.15) is 12.8 Å². The van der Waals surface area contributed by atoms with Crippen LogP contribution in [0.25, 0.3) is 11.4 Å². The summed E-state index contributed by atoms with van der Waals surface area (Å²) in [5.41, 5.74) is 1.01. The maximum Gasteiger partial charge on any atom is 0.191 e. The smallest absolute Gasteiger partial charge is 0.191 e. The maximum atomic E-state index is 9.07. The van der Waals surface area contributed by atoms with Gasteiger partial charge >= 0.3 is 0 Å². The number of thioether (sulfide) groups is 1. The molecule has 0 unspecified atom stereocenters. The number of benzene rings is 1. The molecule has 6 heteroatoms. The van der Waals surface area contributed by atoms with Crippen molar-refractivity contribution in [1.82, 2.24) is 14.8 Å². The van der Waals surface area contributed by atoms with Gasteiger partial charge in [0.15, 0.2) is 11.0 Å². The van der Waals surface area contributed by atoms with Gasteiger partial charge in [-0.3, -0.25) is 0 Å². The normalized spacial score (nSPS) is 11.6. The Morgan fingerprint density at radius 3 is 2.67 bits per heavy atom. The van der Waals surface area contributed by atoms with Crippen molar-refractivity contribution in [3.8, 4) is 23.5 Å². The molecule has 1 heterocycles. The van der Waals surface area contributed by atoms with Crippen molar-refractivity contribution in [3.05, 3.63) is 30.3 Å². The maximum absolute atomic E-state index is 9.07. The van der Waals surface area contributed by atoms with E-state index in [1.54, 1.807) is 0 Å². The molecule has 2 rings (SSSR count). The summed E-state index contributed by atoms with van der Waals surface area (Å²) in [4.78, 5) is 0. The van der Waals surface area contributed by atoms with Crippen LogP contribution in [0.5, 0.6) is 0 Å². The molecule has 0 aliphatic carbocycles. The first-order valence-electron chi connectivity index (χ1n) is 6.60. The van der Waals surface area contributed by atoms with Crippen molar-refractivity contribution < 1.29 is 0 Å². The highest BCUT2D eigenvalue weighted by Crippen LogP contribution is 2.24. The van der Waals surface area contributed by atoms with Gasteiger partial charge in [-0.15, -0.1) is 10.2 Å². The Labute approximate surface area is 128 Å². The molecular weight excluding hydrogens is 282 g/mol. The third-order valence-electron chi connectivity index (χ3n) is 3.07. The van der Waals surface area contributed by atoms with Gasteiger partial charge in [0.1, 0.15) is 0 Å². The van der Waals surface area contributed by atoms with Gasteiger partial charge in [0.2, 0.25) is 0 Å². The van der Waals surface area contributed by atoms with Crippen LogP contribution in [0, 0.1) is 28.6 Å². The third-order valence-corrected chi connectivity index (χ3v) is 4.25. The summed E-state index contributed by atoms with van der Waals surface area (Å²) >= 11 is 1.50. The van der Waals surface area contributed by atoms with E-state index < -0.39 is 0 Å². The minimum Gasteiger partial charge on any atom is -0.305 e. The summed E-state index contributed by atoms with van der Waals surface area (Å²) in [5, 5.41) is 26.8. The number of nitriles is 2. The van der Waals surface area contributed by atoms with E-state index in [1.165, 1.54) is 11.8 Å². The van der Waals surface area contributed by atoms with E-state index in [0.717, 1.165) is 16.5 Å². The van der Waals surface area contributed by atoms with Gasteiger partial charge in [-0.1, -0.05) is 42.1 Å². The van der Waals surface area contributed by atoms with Crippen LogP contribution in [0.15, 0.2) is 35.5 Å². The average molecular weight is 297 g/mol. The summed E-state index contributed by atoms with van der Waals surface area (Å²) in [6, 6.07) is 14.2. The molecule has 0 saturated carbocycles. The zero-order valence-corrected chi connectivity index (χ0v) is 12.5. The second-order valence-electron chi connectivity index (χ2n) is 4.57. The van der Waals surface area contributed by atoms with Gasteiger partial charge < -0.3 is 4.57 Å². The molecule has 5 nitrogen and oxygen atoms in total. The van der Waals surface area contributed by atoms with Crippen molar-refractivity contribution in [2.24, 2.45) is 13.0 Å². The van der Waals surface area contributed by atoms with Crippen molar-refractivity contribution in [2.75, 3.05) is 5.75 Å². The van der Waals surface area contributed by atoms with E-state index in [0.29, 0.717) is 18.6 Å². The quantitative estimate of drug-likeness (QED) is 0.766. The molecule has 1 aromatic heterocycles. The summed E-state index contributed by atoms with van der Waals surface area (Å²) < 4.78 is 1.93. The molecule has 0 saturated heterocycles. The minimum absolute atomic E-state index is 0.133. The Kier molecular flexibility index (Phi) is 5.36. The van der Waals surface area contributed by atoms with Gasteiger partial charge in [-0.25, -0.2) is 0 Å². The number of rotatable bonds is 6. The Morgan fingerprint density at radius 1 is 1.24 bits per heavy atom. The van der Waals surface area contributed by atoms with E-state index in [1.807, 2.05) is 41.9 Å². The molecule has 0 spiro atoms. The van der Waals surface area contributed by atoms with Crippen LogP contribution in [0.4, 0.5) is 0 Å². The molecule has 0 N–H and O–H groups in total.